The topological polar surface area (TPSA) is 68.9 Å². The van der Waals surface area contributed by atoms with Crippen LogP contribution in [-0.2, 0) is 12.8 Å². The molecule has 6 heteroatoms. The molecular formula is C11H10FN3OS. The van der Waals surface area contributed by atoms with Crippen LogP contribution in [0.5, 0.6) is 0 Å². The Morgan fingerprint density at radius 3 is 2.53 bits per heavy atom. The molecule has 2 aromatic rings. The average molecular weight is 251 g/mol. The summed E-state index contributed by atoms with van der Waals surface area (Å²) in [4.78, 5) is 10.8. The highest BCUT2D eigenvalue weighted by Gasteiger charge is 2.08. The van der Waals surface area contributed by atoms with Crippen molar-refractivity contribution in [3.8, 4) is 0 Å². The molecule has 1 heterocycles. The van der Waals surface area contributed by atoms with E-state index in [4.69, 9.17) is 5.73 Å². The highest BCUT2D eigenvalue weighted by molar-refractivity contribution is 7.13. The van der Waals surface area contributed by atoms with E-state index in [1.807, 2.05) is 0 Å². The van der Waals surface area contributed by atoms with Gasteiger partial charge in [-0.15, -0.1) is 10.2 Å². The van der Waals surface area contributed by atoms with Gasteiger partial charge in [-0.05, 0) is 24.1 Å². The maximum absolute atomic E-state index is 12.7. The van der Waals surface area contributed by atoms with Crippen molar-refractivity contribution >= 4 is 17.2 Å². The van der Waals surface area contributed by atoms with Crippen LogP contribution < -0.4 is 5.73 Å². The first kappa shape index (κ1) is 11.7. The summed E-state index contributed by atoms with van der Waals surface area (Å²) in [5, 5.41) is 8.51. The normalized spacial score (nSPS) is 10.4. The molecule has 1 amide bonds. The molecule has 2 rings (SSSR count). The monoisotopic (exact) mass is 251 g/mol. The summed E-state index contributed by atoms with van der Waals surface area (Å²) in [6.45, 7) is 0. The molecule has 0 saturated heterocycles. The minimum Gasteiger partial charge on any atom is -0.363 e. The third kappa shape index (κ3) is 3.07. The number of aryl methyl sites for hydroxylation is 2. The number of halogens is 1. The quantitative estimate of drug-likeness (QED) is 0.896. The molecule has 0 atom stereocenters. The van der Waals surface area contributed by atoms with Crippen LogP contribution in [0.1, 0.15) is 20.4 Å². The Balaban J connectivity index is 1.97. The van der Waals surface area contributed by atoms with Crippen molar-refractivity contribution in [1.82, 2.24) is 10.2 Å². The van der Waals surface area contributed by atoms with Crippen LogP contribution in [0.3, 0.4) is 0 Å². The number of aromatic nitrogens is 2. The number of benzene rings is 1. The van der Waals surface area contributed by atoms with Crippen LogP contribution >= 0.6 is 11.3 Å². The molecule has 0 fully saturated rings. The summed E-state index contributed by atoms with van der Waals surface area (Å²) in [7, 11) is 0. The molecule has 0 aliphatic carbocycles. The molecule has 88 valence electrons. The average Bonchev–Trinajstić information content (AvgIpc) is 2.77. The lowest BCUT2D eigenvalue weighted by molar-refractivity contribution is 0.0999. The first-order chi connectivity index (χ1) is 8.15. The Hall–Kier alpha value is -1.82. The van der Waals surface area contributed by atoms with Crippen molar-refractivity contribution in [2.45, 2.75) is 12.8 Å². The molecule has 0 unspecified atom stereocenters. The Labute approximate surface area is 101 Å². The summed E-state index contributed by atoms with van der Waals surface area (Å²) < 4.78 is 12.7. The number of hydrogen-bond donors (Lipinski definition) is 1. The number of nitrogens with zero attached hydrogens (tertiary/aromatic N) is 2. The fourth-order valence-electron chi connectivity index (χ4n) is 1.36. The second-order valence-electron chi connectivity index (χ2n) is 3.49. The molecule has 0 aliphatic rings. The van der Waals surface area contributed by atoms with Gasteiger partial charge in [-0.25, -0.2) is 4.39 Å². The summed E-state index contributed by atoms with van der Waals surface area (Å²) in [5.41, 5.74) is 6.09. The molecule has 0 aliphatic heterocycles. The van der Waals surface area contributed by atoms with Crippen LogP contribution in [0.4, 0.5) is 4.39 Å². The van der Waals surface area contributed by atoms with Crippen molar-refractivity contribution in [2.75, 3.05) is 0 Å². The summed E-state index contributed by atoms with van der Waals surface area (Å²) >= 11 is 1.19. The molecule has 2 N–H and O–H groups in total. The first-order valence-corrected chi connectivity index (χ1v) is 5.83. The molecule has 0 spiro atoms. The van der Waals surface area contributed by atoms with Crippen molar-refractivity contribution in [2.24, 2.45) is 5.73 Å². The van der Waals surface area contributed by atoms with E-state index in [0.717, 1.165) is 17.0 Å². The Morgan fingerprint density at radius 2 is 1.94 bits per heavy atom. The molecule has 17 heavy (non-hydrogen) atoms. The van der Waals surface area contributed by atoms with Gasteiger partial charge in [0.25, 0.3) is 5.91 Å². The number of amides is 1. The maximum Gasteiger partial charge on any atom is 0.279 e. The molecular weight excluding hydrogens is 241 g/mol. The lowest BCUT2D eigenvalue weighted by atomic mass is 10.1. The van der Waals surface area contributed by atoms with Gasteiger partial charge in [-0.1, -0.05) is 23.5 Å². The number of carbonyl (C=O) groups is 1. The van der Waals surface area contributed by atoms with Crippen molar-refractivity contribution in [3.05, 3.63) is 45.7 Å². The number of primary amides is 1. The van der Waals surface area contributed by atoms with Crippen molar-refractivity contribution < 1.29 is 9.18 Å². The van der Waals surface area contributed by atoms with Crippen LogP contribution in [0.25, 0.3) is 0 Å². The van der Waals surface area contributed by atoms with Crippen molar-refractivity contribution in [3.63, 3.8) is 0 Å². The molecule has 1 aromatic carbocycles. The second kappa shape index (κ2) is 5.01. The highest BCUT2D eigenvalue weighted by Crippen LogP contribution is 2.12. The summed E-state index contributed by atoms with van der Waals surface area (Å²) in [6.07, 6.45) is 1.39. The largest absolute Gasteiger partial charge is 0.363 e. The van der Waals surface area contributed by atoms with E-state index >= 15 is 0 Å². The highest BCUT2D eigenvalue weighted by atomic mass is 32.1. The Kier molecular flexibility index (Phi) is 3.43. The van der Waals surface area contributed by atoms with E-state index in [-0.39, 0.29) is 10.8 Å². The second-order valence-corrected chi connectivity index (χ2v) is 4.55. The van der Waals surface area contributed by atoms with Gasteiger partial charge in [0.2, 0.25) is 5.01 Å². The van der Waals surface area contributed by atoms with E-state index in [1.54, 1.807) is 12.1 Å². The lowest BCUT2D eigenvalue weighted by Gasteiger charge is -1.97. The predicted octanol–water partition coefficient (Wildman–Crippen LogP) is 1.56. The molecule has 0 bridgehead atoms. The van der Waals surface area contributed by atoms with Crippen LogP contribution in [0.2, 0.25) is 0 Å². The molecule has 1 aromatic heterocycles. The SMILES string of the molecule is NC(=O)c1nnc(CCc2ccc(F)cc2)s1. The van der Waals surface area contributed by atoms with E-state index in [0.29, 0.717) is 6.42 Å². The Bertz CT molecular complexity index is 524. The van der Waals surface area contributed by atoms with Crippen LogP contribution in [0, 0.1) is 5.82 Å². The van der Waals surface area contributed by atoms with Gasteiger partial charge in [-0.2, -0.15) is 0 Å². The number of hydrogen-bond acceptors (Lipinski definition) is 4. The predicted molar refractivity (Wildman–Crippen MR) is 62.2 cm³/mol. The molecule has 4 nitrogen and oxygen atoms in total. The lowest BCUT2D eigenvalue weighted by Crippen LogP contribution is -2.10. The van der Waals surface area contributed by atoms with E-state index in [1.165, 1.54) is 23.5 Å². The number of carbonyl (C=O) groups excluding carboxylic acids is 1. The number of rotatable bonds is 4. The number of nitrogens with two attached hydrogens (primary N) is 1. The summed E-state index contributed by atoms with van der Waals surface area (Å²) in [6, 6.07) is 6.30. The maximum atomic E-state index is 12.7. The van der Waals surface area contributed by atoms with E-state index in [2.05, 4.69) is 10.2 Å². The third-order valence-corrected chi connectivity index (χ3v) is 3.22. The van der Waals surface area contributed by atoms with Gasteiger partial charge >= 0.3 is 0 Å². The van der Waals surface area contributed by atoms with Gasteiger partial charge in [-0.3, -0.25) is 4.79 Å². The van der Waals surface area contributed by atoms with Gasteiger partial charge < -0.3 is 5.73 Å². The minimum absolute atomic E-state index is 0.221. The Morgan fingerprint density at radius 1 is 1.24 bits per heavy atom. The van der Waals surface area contributed by atoms with E-state index in [9.17, 15) is 9.18 Å². The standard InChI is InChI=1S/C11H10FN3OS/c12-8-4-1-7(2-5-8)3-6-9-14-15-11(17-9)10(13)16/h1-2,4-5H,3,6H2,(H2,13,16). The fourth-order valence-corrected chi connectivity index (χ4v) is 2.05. The summed E-state index contributed by atoms with van der Waals surface area (Å²) in [5.74, 6) is -0.809. The zero-order chi connectivity index (χ0) is 12.3. The van der Waals surface area contributed by atoms with Crippen molar-refractivity contribution in [1.29, 1.82) is 0 Å². The van der Waals surface area contributed by atoms with Gasteiger partial charge in [0, 0.05) is 6.42 Å². The third-order valence-electron chi connectivity index (χ3n) is 2.22. The van der Waals surface area contributed by atoms with Gasteiger partial charge in [0.15, 0.2) is 0 Å². The van der Waals surface area contributed by atoms with Gasteiger partial charge in [0.1, 0.15) is 10.8 Å². The molecule has 0 radical (unpaired) electrons. The zero-order valence-corrected chi connectivity index (χ0v) is 9.71. The van der Waals surface area contributed by atoms with Crippen LogP contribution in [0.15, 0.2) is 24.3 Å². The molecule has 0 saturated carbocycles. The van der Waals surface area contributed by atoms with Crippen LogP contribution in [-0.4, -0.2) is 16.1 Å². The van der Waals surface area contributed by atoms with E-state index < -0.39 is 5.91 Å². The zero-order valence-electron chi connectivity index (χ0n) is 8.89. The minimum atomic E-state index is -0.560. The first-order valence-electron chi connectivity index (χ1n) is 5.02. The van der Waals surface area contributed by atoms with Gasteiger partial charge in [0.05, 0.1) is 0 Å². The fraction of sp³-hybridized carbons (Fsp3) is 0.182. The smallest absolute Gasteiger partial charge is 0.279 e.